The van der Waals surface area contributed by atoms with Crippen LogP contribution in [0.2, 0.25) is 0 Å². The minimum absolute atomic E-state index is 0.312. The first kappa shape index (κ1) is 15.7. The molecule has 0 amide bonds. The fraction of sp³-hybridized carbons (Fsp3) is 0.278. The van der Waals surface area contributed by atoms with Gasteiger partial charge in [-0.2, -0.15) is 10.9 Å². The second-order valence-corrected chi connectivity index (χ2v) is 7.07. The first-order valence-electron chi connectivity index (χ1n) is 7.72. The first-order chi connectivity index (χ1) is 11.2. The van der Waals surface area contributed by atoms with Crippen molar-refractivity contribution in [3.8, 4) is 5.75 Å². The van der Waals surface area contributed by atoms with Crippen LogP contribution in [0.5, 0.6) is 5.75 Å². The van der Waals surface area contributed by atoms with Crippen LogP contribution in [0, 0.1) is 0 Å². The van der Waals surface area contributed by atoms with Gasteiger partial charge in [0.15, 0.2) is 0 Å². The number of methoxy groups -OCH3 is 1. The molecule has 0 saturated heterocycles. The Labute approximate surface area is 138 Å². The van der Waals surface area contributed by atoms with Gasteiger partial charge in [0.2, 0.25) is 0 Å². The molecule has 1 aliphatic rings. The van der Waals surface area contributed by atoms with Crippen LogP contribution in [0.15, 0.2) is 55.3 Å². The van der Waals surface area contributed by atoms with Gasteiger partial charge in [0.25, 0.3) is 0 Å². The van der Waals surface area contributed by atoms with Crippen molar-refractivity contribution < 1.29 is 9.15 Å². The molecule has 5 heteroatoms. The molecule has 1 aromatic carbocycles. The molecule has 0 N–H and O–H groups in total. The Bertz CT molecular complexity index is 822. The van der Waals surface area contributed by atoms with E-state index in [-0.39, 0.29) is 5.63 Å². The SMILES string of the molecule is CCN(CC)c1ccc2c(OC)c([SH]3C=CC=C3)c(=O)oc2c1. The highest BCUT2D eigenvalue weighted by atomic mass is 32.2. The molecule has 0 atom stereocenters. The molecule has 4 nitrogen and oxygen atoms in total. The predicted octanol–water partition coefficient (Wildman–Crippen LogP) is 4.05. The monoisotopic (exact) mass is 331 g/mol. The highest BCUT2D eigenvalue weighted by molar-refractivity contribution is 8.22. The highest BCUT2D eigenvalue weighted by Gasteiger charge is 2.20. The molecule has 2 aromatic rings. The number of allylic oxidation sites excluding steroid dienone is 2. The Morgan fingerprint density at radius 2 is 1.87 bits per heavy atom. The van der Waals surface area contributed by atoms with E-state index in [0.29, 0.717) is 16.2 Å². The summed E-state index contributed by atoms with van der Waals surface area (Å²) in [7, 11) is 0.816. The second-order valence-electron chi connectivity index (χ2n) is 5.21. The molecule has 0 fully saturated rings. The summed E-state index contributed by atoms with van der Waals surface area (Å²) >= 11 is 0. The number of benzene rings is 1. The maximum Gasteiger partial charge on any atom is 0.352 e. The van der Waals surface area contributed by atoms with Gasteiger partial charge < -0.3 is 14.1 Å². The van der Waals surface area contributed by atoms with Crippen LogP contribution in [0.25, 0.3) is 11.0 Å². The number of hydrogen-bond donors (Lipinski definition) is 1. The molecule has 2 heterocycles. The van der Waals surface area contributed by atoms with Crippen molar-refractivity contribution in [2.24, 2.45) is 0 Å². The van der Waals surface area contributed by atoms with Crippen LogP contribution >= 0.6 is 10.9 Å². The Morgan fingerprint density at radius 1 is 1.17 bits per heavy atom. The summed E-state index contributed by atoms with van der Waals surface area (Å²) < 4.78 is 11.2. The molecule has 0 unspecified atom stereocenters. The molecule has 0 bridgehead atoms. The lowest BCUT2D eigenvalue weighted by atomic mass is 10.2. The summed E-state index contributed by atoms with van der Waals surface area (Å²) in [5.74, 6) is 0.629. The van der Waals surface area contributed by atoms with E-state index in [2.05, 4.69) is 24.8 Å². The lowest BCUT2D eigenvalue weighted by Gasteiger charge is -2.21. The van der Waals surface area contributed by atoms with Crippen molar-refractivity contribution in [1.82, 2.24) is 0 Å². The van der Waals surface area contributed by atoms with E-state index in [0.717, 1.165) is 24.2 Å². The second kappa shape index (κ2) is 6.54. The van der Waals surface area contributed by atoms with Crippen molar-refractivity contribution in [2.75, 3.05) is 25.1 Å². The third-order valence-corrected chi connectivity index (χ3v) is 5.90. The third kappa shape index (κ3) is 2.77. The summed E-state index contributed by atoms with van der Waals surface area (Å²) in [6, 6.07) is 5.95. The Kier molecular flexibility index (Phi) is 4.48. The number of rotatable bonds is 5. The average Bonchev–Trinajstić information content (AvgIpc) is 3.08. The van der Waals surface area contributed by atoms with Gasteiger partial charge in [-0.05, 0) is 36.8 Å². The van der Waals surface area contributed by atoms with E-state index in [1.54, 1.807) is 7.11 Å². The van der Waals surface area contributed by atoms with Gasteiger partial charge >= 0.3 is 5.63 Å². The fourth-order valence-electron chi connectivity index (χ4n) is 2.85. The Morgan fingerprint density at radius 3 is 2.48 bits per heavy atom. The quantitative estimate of drug-likeness (QED) is 0.663. The van der Waals surface area contributed by atoms with Gasteiger partial charge in [0.1, 0.15) is 16.2 Å². The van der Waals surface area contributed by atoms with Gasteiger partial charge in [-0.3, -0.25) is 0 Å². The molecule has 0 saturated carbocycles. The Hall–Kier alpha value is -2.14. The molecular formula is C18H21NO3S. The number of nitrogens with zero attached hydrogens (tertiary/aromatic N) is 1. The van der Waals surface area contributed by atoms with Gasteiger partial charge in [0.05, 0.1) is 12.5 Å². The maximum absolute atomic E-state index is 12.5. The van der Waals surface area contributed by atoms with E-state index in [1.165, 1.54) is 0 Å². The molecule has 1 aliphatic heterocycles. The van der Waals surface area contributed by atoms with Crippen molar-refractivity contribution in [3.63, 3.8) is 0 Å². The lowest BCUT2D eigenvalue weighted by molar-refractivity contribution is 0.399. The van der Waals surface area contributed by atoms with Gasteiger partial charge in [0, 0.05) is 24.8 Å². The van der Waals surface area contributed by atoms with E-state index in [4.69, 9.17) is 9.15 Å². The van der Waals surface area contributed by atoms with Crippen LogP contribution in [0.1, 0.15) is 13.8 Å². The van der Waals surface area contributed by atoms with Crippen molar-refractivity contribution in [3.05, 3.63) is 51.6 Å². The predicted molar refractivity (Wildman–Crippen MR) is 98.1 cm³/mol. The maximum atomic E-state index is 12.5. The molecule has 23 heavy (non-hydrogen) atoms. The van der Waals surface area contributed by atoms with Crippen LogP contribution in [0.4, 0.5) is 5.69 Å². The summed E-state index contributed by atoms with van der Waals surface area (Å²) in [5, 5.41) is 4.90. The zero-order valence-electron chi connectivity index (χ0n) is 13.6. The normalized spacial score (nSPS) is 14.7. The summed E-state index contributed by atoms with van der Waals surface area (Å²) in [4.78, 5) is 15.3. The van der Waals surface area contributed by atoms with Gasteiger partial charge in [-0.15, -0.1) is 0 Å². The smallest absolute Gasteiger partial charge is 0.352 e. The summed E-state index contributed by atoms with van der Waals surface area (Å²) in [6.45, 7) is 6.02. The average molecular weight is 331 g/mol. The van der Waals surface area contributed by atoms with Crippen molar-refractivity contribution in [1.29, 1.82) is 0 Å². The molecule has 0 spiro atoms. The molecular weight excluding hydrogens is 310 g/mol. The van der Waals surface area contributed by atoms with Crippen molar-refractivity contribution >= 4 is 27.6 Å². The number of thiol groups is 1. The third-order valence-electron chi connectivity index (χ3n) is 4.02. The van der Waals surface area contributed by atoms with Crippen LogP contribution in [0.3, 0.4) is 0 Å². The topological polar surface area (TPSA) is 42.7 Å². The summed E-state index contributed by atoms with van der Waals surface area (Å²) in [6.07, 6.45) is 3.91. The molecule has 122 valence electrons. The zero-order valence-corrected chi connectivity index (χ0v) is 14.5. The minimum Gasteiger partial charge on any atom is -0.495 e. The zero-order chi connectivity index (χ0) is 16.4. The lowest BCUT2D eigenvalue weighted by Crippen LogP contribution is -2.21. The minimum atomic E-state index is -0.790. The van der Waals surface area contributed by atoms with Gasteiger partial charge in [-0.1, -0.05) is 12.2 Å². The molecule has 0 radical (unpaired) electrons. The fourth-order valence-corrected chi connectivity index (χ4v) is 4.52. The Balaban J connectivity index is 2.20. The first-order valence-corrected chi connectivity index (χ1v) is 9.20. The molecule has 0 aliphatic carbocycles. The summed E-state index contributed by atoms with van der Waals surface area (Å²) in [5.41, 5.74) is 1.31. The number of hydrogen-bond acceptors (Lipinski definition) is 4. The van der Waals surface area contributed by atoms with E-state index in [1.807, 2.05) is 35.1 Å². The van der Waals surface area contributed by atoms with E-state index < -0.39 is 10.9 Å². The van der Waals surface area contributed by atoms with Gasteiger partial charge in [-0.25, -0.2) is 4.79 Å². The van der Waals surface area contributed by atoms with Crippen LogP contribution < -0.4 is 15.3 Å². The van der Waals surface area contributed by atoms with E-state index in [9.17, 15) is 4.79 Å². The standard InChI is InChI=1S/C18H21NO3S/c1-4-19(5-2)13-8-9-14-15(12-13)22-18(20)17(16(14)21-3)23-10-6-7-11-23/h6-12,23H,4-5H2,1-3H3. The molecule has 1 aromatic heterocycles. The number of fused-ring (bicyclic) bond motifs is 1. The van der Waals surface area contributed by atoms with Crippen LogP contribution in [-0.4, -0.2) is 20.2 Å². The number of anilines is 1. The van der Waals surface area contributed by atoms with Crippen molar-refractivity contribution in [2.45, 2.75) is 18.7 Å². The molecule has 3 rings (SSSR count). The highest BCUT2D eigenvalue weighted by Crippen LogP contribution is 2.47. The largest absolute Gasteiger partial charge is 0.495 e. The van der Waals surface area contributed by atoms with E-state index >= 15 is 0 Å². The van der Waals surface area contributed by atoms with Crippen LogP contribution in [-0.2, 0) is 0 Å². The number of ether oxygens (including phenoxy) is 1.